The minimum absolute atomic E-state index is 0.352. The average molecular weight is 228 g/mol. The zero-order chi connectivity index (χ0) is 18.2. The Balaban J connectivity index is 3.85. The fourth-order valence-electron chi connectivity index (χ4n) is 0.748. The van der Waals surface area contributed by atoms with Crippen molar-refractivity contribution in [3.63, 3.8) is 0 Å². The van der Waals surface area contributed by atoms with Crippen LogP contribution >= 0.6 is 0 Å². The van der Waals surface area contributed by atoms with Crippen molar-refractivity contribution in [2.75, 3.05) is 32.2 Å². The Morgan fingerprint density at radius 3 is 1.86 bits per heavy atom. The van der Waals surface area contributed by atoms with Crippen LogP contribution in [0.5, 0.6) is 0 Å². The molecule has 0 radical (unpaired) electrons. The van der Waals surface area contributed by atoms with Gasteiger partial charge in [0.15, 0.2) is 0 Å². The highest BCUT2D eigenvalue weighted by atomic mass is 32.2. The SMILES string of the molecule is [2H]C1([2H])N(C(C)(C)C)C([2H])([2H])C([2H])([2H])N(S(C)(=O)=O)C1([2H])[2H]. The Kier molecular flexibility index (Phi) is 1.30. The predicted molar refractivity (Wildman–Crippen MR) is 57.7 cm³/mol. The second kappa shape index (κ2) is 3.79. The molecule has 0 aromatic carbocycles. The monoisotopic (exact) mass is 228 g/mol. The Bertz CT molecular complexity index is 541. The predicted octanol–water partition coefficient (Wildman–Crippen LogP) is 0.362. The second-order valence-electron chi connectivity index (χ2n) is 3.98. The molecule has 1 aliphatic heterocycles. The number of rotatable bonds is 1. The van der Waals surface area contributed by atoms with Crippen molar-refractivity contribution in [2.24, 2.45) is 0 Å². The van der Waals surface area contributed by atoms with Gasteiger partial charge >= 0.3 is 0 Å². The van der Waals surface area contributed by atoms with Gasteiger partial charge in [-0.25, -0.2) is 8.42 Å². The molecule has 0 aliphatic carbocycles. The van der Waals surface area contributed by atoms with Gasteiger partial charge in [-0.2, -0.15) is 4.31 Å². The van der Waals surface area contributed by atoms with Gasteiger partial charge in [-0.15, -0.1) is 0 Å². The molecule has 0 atom stereocenters. The standard InChI is InChI=1S/C9H20N2O2S/c1-9(2,3)10-5-7-11(8-6-10)14(4,12)13/h5-8H2,1-4H3/i5D2,6D2,7D2,8D2. The van der Waals surface area contributed by atoms with Crippen molar-refractivity contribution < 1.29 is 19.4 Å². The summed E-state index contributed by atoms with van der Waals surface area (Å²) >= 11 is 0. The first-order chi connectivity index (χ1) is 9.23. The normalized spacial score (nSPS) is 45.4. The molecular weight excluding hydrogens is 200 g/mol. The van der Waals surface area contributed by atoms with E-state index in [1.807, 2.05) is 0 Å². The van der Waals surface area contributed by atoms with Gasteiger partial charge < -0.3 is 0 Å². The molecule has 0 aromatic rings. The molecular formula is C9H20N2O2S. The zero-order valence-electron chi connectivity index (χ0n) is 16.6. The fourth-order valence-corrected chi connectivity index (χ4v) is 1.16. The van der Waals surface area contributed by atoms with Crippen LogP contribution in [-0.4, -0.2) is 55.4 Å². The summed E-state index contributed by atoms with van der Waals surface area (Å²) < 4.78 is 86.8. The molecule has 1 saturated heterocycles. The van der Waals surface area contributed by atoms with E-state index in [4.69, 9.17) is 11.0 Å². The molecule has 0 spiro atoms. The molecule has 1 aliphatic rings. The van der Waals surface area contributed by atoms with E-state index in [1.54, 1.807) is 0 Å². The fraction of sp³-hybridized carbons (Fsp3) is 1.00. The Morgan fingerprint density at radius 1 is 1.14 bits per heavy atom. The summed E-state index contributed by atoms with van der Waals surface area (Å²) in [6.45, 7) is -8.67. The maximum atomic E-state index is 11.8. The highest BCUT2D eigenvalue weighted by Crippen LogP contribution is 2.16. The van der Waals surface area contributed by atoms with Crippen molar-refractivity contribution in [3.8, 4) is 0 Å². The van der Waals surface area contributed by atoms with E-state index in [2.05, 4.69) is 0 Å². The maximum absolute atomic E-state index is 11.8. The lowest BCUT2D eigenvalue weighted by Crippen LogP contribution is -2.54. The molecule has 0 unspecified atom stereocenters. The van der Waals surface area contributed by atoms with Crippen molar-refractivity contribution >= 4 is 10.0 Å². The molecule has 14 heavy (non-hydrogen) atoms. The van der Waals surface area contributed by atoms with Crippen LogP contribution in [0.15, 0.2) is 0 Å². The lowest BCUT2D eigenvalue weighted by atomic mass is 10.1. The molecule has 1 fully saturated rings. The quantitative estimate of drug-likeness (QED) is 0.651. The van der Waals surface area contributed by atoms with Gasteiger partial charge in [0.25, 0.3) is 0 Å². The van der Waals surface area contributed by atoms with Gasteiger partial charge in [-0.3, -0.25) is 4.90 Å². The summed E-state index contributed by atoms with van der Waals surface area (Å²) in [7, 11) is -4.58. The van der Waals surface area contributed by atoms with Crippen molar-refractivity contribution in [2.45, 2.75) is 26.3 Å². The van der Waals surface area contributed by atoms with E-state index in [0.717, 1.165) is 0 Å². The molecule has 1 rings (SSSR count). The van der Waals surface area contributed by atoms with Crippen LogP contribution < -0.4 is 0 Å². The van der Waals surface area contributed by atoms with Crippen molar-refractivity contribution in [1.82, 2.24) is 9.21 Å². The minimum atomic E-state index is -4.58. The van der Waals surface area contributed by atoms with E-state index in [9.17, 15) is 8.42 Å². The third-order valence-corrected chi connectivity index (χ3v) is 2.38. The lowest BCUT2D eigenvalue weighted by Gasteiger charge is -2.41. The van der Waals surface area contributed by atoms with Crippen LogP contribution in [-0.2, 0) is 10.0 Å². The number of piperazine rings is 1. The molecule has 0 bridgehead atoms. The average Bonchev–Trinajstić information content (AvgIpc) is 2.06. The first kappa shape index (κ1) is 4.80. The maximum Gasteiger partial charge on any atom is 0.211 e. The minimum Gasteiger partial charge on any atom is -0.296 e. The van der Waals surface area contributed by atoms with Crippen LogP contribution in [0.2, 0.25) is 0 Å². The summed E-state index contributed by atoms with van der Waals surface area (Å²) in [5, 5.41) is 0. The molecule has 5 heteroatoms. The number of hydrogen-bond acceptors (Lipinski definition) is 3. The van der Waals surface area contributed by atoms with E-state index < -0.39 is 41.5 Å². The van der Waals surface area contributed by atoms with Crippen molar-refractivity contribution in [1.29, 1.82) is 0 Å². The molecule has 0 N–H and O–H groups in total. The van der Waals surface area contributed by atoms with Gasteiger partial charge in [0, 0.05) is 42.5 Å². The van der Waals surface area contributed by atoms with Gasteiger partial charge in [-0.05, 0) is 20.8 Å². The highest BCUT2D eigenvalue weighted by Gasteiger charge is 2.28. The smallest absolute Gasteiger partial charge is 0.211 e. The van der Waals surface area contributed by atoms with Crippen LogP contribution in [0, 0.1) is 0 Å². The van der Waals surface area contributed by atoms with Gasteiger partial charge in [-0.1, -0.05) is 0 Å². The topological polar surface area (TPSA) is 40.6 Å². The largest absolute Gasteiger partial charge is 0.296 e. The van der Waals surface area contributed by atoms with Crippen LogP contribution in [0.1, 0.15) is 31.7 Å². The van der Waals surface area contributed by atoms with Gasteiger partial charge in [0.1, 0.15) is 0 Å². The Morgan fingerprint density at radius 2 is 1.57 bits per heavy atom. The van der Waals surface area contributed by atoms with Gasteiger partial charge in [0.2, 0.25) is 10.0 Å². The summed E-state index contributed by atoms with van der Waals surface area (Å²) in [4.78, 5) is 0.411. The number of sulfonamides is 1. The lowest BCUT2D eigenvalue weighted by molar-refractivity contribution is 0.0924. The van der Waals surface area contributed by atoms with Crippen molar-refractivity contribution in [3.05, 3.63) is 0 Å². The molecule has 84 valence electrons. The molecule has 0 amide bonds. The first-order valence-corrected chi connectivity index (χ1v) is 5.89. The first-order valence-electron chi connectivity index (χ1n) is 8.04. The Labute approximate surface area is 98.2 Å². The Hall–Kier alpha value is -0.130. The summed E-state index contributed by atoms with van der Waals surface area (Å²) in [6, 6.07) is 0. The van der Waals surface area contributed by atoms with Crippen LogP contribution in [0.4, 0.5) is 0 Å². The van der Waals surface area contributed by atoms with Crippen LogP contribution in [0.3, 0.4) is 0 Å². The van der Waals surface area contributed by atoms with E-state index in [1.165, 1.54) is 20.8 Å². The van der Waals surface area contributed by atoms with E-state index >= 15 is 0 Å². The second-order valence-corrected chi connectivity index (χ2v) is 5.81. The number of hydrogen-bond donors (Lipinski definition) is 0. The van der Waals surface area contributed by atoms with E-state index in [-0.39, 0.29) is 4.31 Å². The van der Waals surface area contributed by atoms with Crippen LogP contribution in [0.25, 0.3) is 0 Å². The third-order valence-electron chi connectivity index (χ3n) is 1.53. The molecule has 0 saturated carbocycles. The third kappa shape index (κ3) is 2.93. The molecule has 4 nitrogen and oxygen atoms in total. The van der Waals surface area contributed by atoms with Gasteiger partial charge in [0.05, 0.1) is 6.26 Å². The molecule has 1 heterocycles. The molecule has 0 aromatic heterocycles. The summed E-state index contributed by atoms with van der Waals surface area (Å²) in [5.74, 6) is 0. The summed E-state index contributed by atoms with van der Waals surface area (Å²) in [6.07, 6.45) is 0.515. The zero-order valence-corrected chi connectivity index (χ0v) is 9.44. The summed E-state index contributed by atoms with van der Waals surface area (Å²) in [5.41, 5.74) is -1.31. The van der Waals surface area contributed by atoms with E-state index in [0.29, 0.717) is 11.2 Å². The highest BCUT2D eigenvalue weighted by molar-refractivity contribution is 7.88. The number of nitrogens with zero attached hydrogens (tertiary/aromatic N) is 2.